The molecule has 3 N–H and O–H groups in total. The van der Waals surface area contributed by atoms with E-state index in [1.54, 1.807) is 7.11 Å². The molecule has 2 rings (SSSR count). The third-order valence-electron chi connectivity index (χ3n) is 4.31. The number of methoxy groups -OCH3 is 1. The Kier molecular flexibility index (Phi) is 7.92. The zero-order chi connectivity index (χ0) is 17.2. The molecule has 1 atom stereocenters. The van der Waals surface area contributed by atoms with Gasteiger partial charge in [-0.1, -0.05) is 13.0 Å². The maximum atomic E-state index is 6.24. The summed E-state index contributed by atoms with van der Waals surface area (Å²) in [6.45, 7) is 4.45. The van der Waals surface area contributed by atoms with E-state index in [0.29, 0.717) is 12.6 Å². The van der Waals surface area contributed by atoms with Crippen LogP contribution in [0.25, 0.3) is 0 Å². The smallest absolute Gasteiger partial charge is 0.0860 e. The van der Waals surface area contributed by atoms with Gasteiger partial charge in [-0.2, -0.15) is 0 Å². The largest absolute Gasteiger partial charge is 0.400 e. The van der Waals surface area contributed by atoms with Crippen molar-refractivity contribution in [3.05, 3.63) is 41.4 Å². The van der Waals surface area contributed by atoms with Crippen LogP contribution < -0.4 is 11.1 Å². The van der Waals surface area contributed by atoms with Gasteiger partial charge in [0.2, 0.25) is 0 Å². The van der Waals surface area contributed by atoms with Crippen molar-refractivity contribution in [2.45, 2.75) is 45.1 Å². The van der Waals surface area contributed by atoms with Crippen LogP contribution in [-0.2, 0) is 11.2 Å². The van der Waals surface area contributed by atoms with Crippen LogP contribution >= 0.6 is 0 Å². The first-order valence-electron chi connectivity index (χ1n) is 8.87. The number of nitrogens with zero attached hydrogens (tertiary/aromatic N) is 2. The molecule has 0 aromatic carbocycles. The van der Waals surface area contributed by atoms with Crippen molar-refractivity contribution >= 4 is 5.71 Å². The fourth-order valence-corrected chi connectivity index (χ4v) is 3.05. The topological polar surface area (TPSA) is 72.5 Å². The summed E-state index contributed by atoms with van der Waals surface area (Å²) < 4.78 is 5.22. The van der Waals surface area contributed by atoms with Gasteiger partial charge in [-0.25, -0.2) is 0 Å². The summed E-state index contributed by atoms with van der Waals surface area (Å²) in [4.78, 5) is 8.90. The summed E-state index contributed by atoms with van der Waals surface area (Å²) in [6.07, 6.45) is 8.83. The molecule has 1 aliphatic rings. The predicted molar refractivity (Wildman–Crippen MR) is 99.3 cm³/mol. The van der Waals surface area contributed by atoms with E-state index in [1.807, 2.05) is 18.5 Å². The molecule has 0 bridgehead atoms. The van der Waals surface area contributed by atoms with E-state index in [1.165, 1.54) is 16.8 Å². The molecule has 1 aliphatic carbocycles. The van der Waals surface area contributed by atoms with Crippen molar-refractivity contribution in [2.75, 3.05) is 26.8 Å². The summed E-state index contributed by atoms with van der Waals surface area (Å²) in [5.74, 6) is 0. The zero-order valence-corrected chi connectivity index (χ0v) is 14.9. The SMILES string of the molecule is CCCN=C1CCC(NCCc2cccnc2)C/C1=C(/N)COC. The van der Waals surface area contributed by atoms with E-state index < -0.39 is 0 Å². The molecule has 0 aliphatic heterocycles. The van der Waals surface area contributed by atoms with Crippen molar-refractivity contribution in [3.63, 3.8) is 0 Å². The zero-order valence-electron chi connectivity index (χ0n) is 14.9. The van der Waals surface area contributed by atoms with Crippen LogP contribution in [0.15, 0.2) is 40.8 Å². The highest BCUT2D eigenvalue weighted by atomic mass is 16.5. The molecule has 1 aromatic rings. The van der Waals surface area contributed by atoms with E-state index >= 15 is 0 Å². The van der Waals surface area contributed by atoms with E-state index in [9.17, 15) is 0 Å². The van der Waals surface area contributed by atoms with Gasteiger partial charge in [0.15, 0.2) is 0 Å². The summed E-state index contributed by atoms with van der Waals surface area (Å²) in [5, 5.41) is 3.66. The maximum Gasteiger partial charge on any atom is 0.0860 e. The van der Waals surface area contributed by atoms with E-state index in [-0.39, 0.29) is 0 Å². The quantitative estimate of drug-likeness (QED) is 0.768. The molecule has 132 valence electrons. The molecule has 0 saturated heterocycles. The Labute approximate surface area is 145 Å². The van der Waals surface area contributed by atoms with Gasteiger partial charge >= 0.3 is 0 Å². The number of aromatic nitrogens is 1. The van der Waals surface area contributed by atoms with Gasteiger partial charge in [-0.15, -0.1) is 0 Å². The first kappa shape index (κ1) is 18.6. The van der Waals surface area contributed by atoms with Crippen LogP contribution in [0.5, 0.6) is 0 Å². The number of rotatable bonds is 8. The normalized spacial score (nSPS) is 21.9. The maximum absolute atomic E-state index is 6.24. The second-order valence-electron chi connectivity index (χ2n) is 6.27. The molecular weight excluding hydrogens is 300 g/mol. The number of pyridine rings is 1. The Morgan fingerprint density at radius 2 is 2.38 bits per heavy atom. The average Bonchev–Trinajstić information content (AvgIpc) is 2.61. The molecule has 24 heavy (non-hydrogen) atoms. The number of hydrogen-bond acceptors (Lipinski definition) is 5. The Bertz CT molecular complexity index is 554. The highest BCUT2D eigenvalue weighted by Gasteiger charge is 2.23. The number of hydrogen-bond donors (Lipinski definition) is 2. The molecule has 0 radical (unpaired) electrons. The van der Waals surface area contributed by atoms with Gasteiger partial charge in [-0.3, -0.25) is 9.98 Å². The fourth-order valence-electron chi connectivity index (χ4n) is 3.05. The van der Waals surface area contributed by atoms with Crippen molar-refractivity contribution in [1.82, 2.24) is 10.3 Å². The number of nitrogens with one attached hydrogen (secondary N) is 1. The molecule has 1 unspecified atom stereocenters. The molecule has 0 spiro atoms. The van der Waals surface area contributed by atoms with Gasteiger partial charge in [0.25, 0.3) is 0 Å². The van der Waals surface area contributed by atoms with E-state index in [2.05, 4.69) is 23.3 Å². The lowest BCUT2D eigenvalue weighted by Gasteiger charge is -2.28. The van der Waals surface area contributed by atoms with E-state index in [0.717, 1.165) is 50.9 Å². The second kappa shape index (κ2) is 10.2. The molecule has 0 amide bonds. The number of aliphatic imine (C=N–C) groups is 1. The fraction of sp³-hybridized carbons (Fsp3) is 0.579. The minimum absolute atomic E-state index is 0.452. The molecule has 1 fully saturated rings. The van der Waals surface area contributed by atoms with Crippen molar-refractivity contribution in [3.8, 4) is 0 Å². The predicted octanol–water partition coefficient (Wildman–Crippen LogP) is 2.48. The third-order valence-corrected chi connectivity index (χ3v) is 4.31. The first-order chi connectivity index (χ1) is 11.7. The molecule has 1 aromatic heterocycles. The highest BCUT2D eigenvalue weighted by molar-refractivity contribution is 6.01. The monoisotopic (exact) mass is 330 g/mol. The molecule has 1 heterocycles. The Morgan fingerprint density at radius 1 is 1.50 bits per heavy atom. The summed E-state index contributed by atoms with van der Waals surface area (Å²) in [5.41, 5.74) is 10.7. The molecule has 5 heteroatoms. The minimum Gasteiger partial charge on any atom is -0.400 e. The van der Waals surface area contributed by atoms with Crippen LogP contribution in [-0.4, -0.2) is 43.5 Å². The Balaban J connectivity index is 1.93. The average molecular weight is 330 g/mol. The van der Waals surface area contributed by atoms with Gasteiger partial charge in [0.1, 0.15) is 0 Å². The lowest BCUT2D eigenvalue weighted by atomic mass is 9.87. The third kappa shape index (κ3) is 5.73. The Morgan fingerprint density at radius 3 is 3.08 bits per heavy atom. The first-order valence-corrected chi connectivity index (χ1v) is 8.87. The summed E-state index contributed by atoms with van der Waals surface area (Å²) >= 11 is 0. The Hall–Kier alpha value is -1.72. The number of nitrogens with two attached hydrogens (primary N) is 1. The second-order valence-corrected chi connectivity index (χ2v) is 6.27. The standard InChI is InChI=1S/C19H30N4O/c1-3-9-23-19-7-6-16(12-17(19)18(20)14-24-2)22-11-8-15-5-4-10-21-13-15/h4-5,10,13,16,22H,3,6-9,11-12,14,20H2,1-2H3/b18-17-,23-19?. The van der Waals surface area contributed by atoms with E-state index in [4.69, 9.17) is 15.5 Å². The summed E-state index contributed by atoms with van der Waals surface area (Å²) in [7, 11) is 1.68. The molecule has 1 saturated carbocycles. The van der Waals surface area contributed by atoms with Crippen LogP contribution in [0.4, 0.5) is 0 Å². The molecular formula is C19H30N4O. The lowest BCUT2D eigenvalue weighted by molar-refractivity contribution is 0.223. The van der Waals surface area contributed by atoms with Crippen LogP contribution in [0.3, 0.4) is 0 Å². The van der Waals surface area contributed by atoms with Crippen LogP contribution in [0.1, 0.15) is 38.2 Å². The van der Waals surface area contributed by atoms with Crippen LogP contribution in [0.2, 0.25) is 0 Å². The summed E-state index contributed by atoms with van der Waals surface area (Å²) in [6, 6.07) is 4.55. The highest BCUT2D eigenvalue weighted by Crippen LogP contribution is 2.24. The lowest BCUT2D eigenvalue weighted by Crippen LogP contribution is -2.37. The van der Waals surface area contributed by atoms with Crippen molar-refractivity contribution < 1.29 is 4.74 Å². The molecule has 5 nitrogen and oxygen atoms in total. The van der Waals surface area contributed by atoms with Gasteiger partial charge in [-0.05, 0) is 55.9 Å². The van der Waals surface area contributed by atoms with Crippen LogP contribution in [0, 0.1) is 0 Å². The number of ether oxygens (including phenoxy) is 1. The minimum atomic E-state index is 0.452. The van der Waals surface area contributed by atoms with Gasteiger partial charge in [0.05, 0.1) is 6.61 Å². The van der Waals surface area contributed by atoms with Crippen molar-refractivity contribution in [2.24, 2.45) is 10.7 Å². The van der Waals surface area contributed by atoms with Gasteiger partial charge in [0, 0.05) is 43.5 Å². The van der Waals surface area contributed by atoms with Gasteiger partial charge < -0.3 is 15.8 Å². The van der Waals surface area contributed by atoms with Crippen molar-refractivity contribution in [1.29, 1.82) is 0 Å².